The zero-order chi connectivity index (χ0) is 42.0. The first-order chi connectivity index (χ1) is 31.2. The molecule has 11 rings (SSSR count). The average molecular weight is 802 g/mol. The van der Waals surface area contributed by atoms with Crippen molar-refractivity contribution in [2.75, 3.05) is 4.90 Å². The zero-order valence-electron chi connectivity index (χ0n) is 34.8. The van der Waals surface area contributed by atoms with Gasteiger partial charge in [0.25, 0.3) is 0 Å². The summed E-state index contributed by atoms with van der Waals surface area (Å²) in [5.41, 5.74) is 17.8. The Morgan fingerprint density at radius 1 is 0.190 bits per heavy atom. The molecule has 1 nitrogen and oxygen atoms in total. The molecule has 0 heterocycles. The molecule has 0 aliphatic heterocycles. The van der Waals surface area contributed by atoms with Gasteiger partial charge in [-0.25, -0.2) is 0 Å². The summed E-state index contributed by atoms with van der Waals surface area (Å²) in [5.74, 6) is 0. The van der Waals surface area contributed by atoms with E-state index in [1.807, 2.05) is 0 Å². The number of rotatable bonds is 9. The third-order valence-electron chi connectivity index (χ3n) is 12.3. The molecule has 0 saturated heterocycles. The van der Waals surface area contributed by atoms with Gasteiger partial charge in [-0.2, -0.15) is 0 Å². The Morgan fingerprint density at radius 2 is 0.524 bits per heavy atom. The summed E-state index contributed by atoms with van der Waals surface area (Å²) in [6.07, 6.45) is 0. The van der Waals surface area contributed by atoms with Crippen LogP contribution in [0.3, 0.4) is 0 Å². The second kappa shape index (κ2) is 16.7. The van der Waals surface area contributed by atoms with E-state index in [1.54, 1.807) is 0 Å². The van der Waals surface area contributed by atoms with Crippen molar-refractivity contribution >= 4 is 38.6 Å². The van der Waals surface area contributed by atoms with Crippen LogP contribution in [0.25, 0.3) is 88.3 Å². The third-order valence-corrected chi connectivity index (χ3v) is 12.3. The number of hydrogen-bond donors (Lipinski definition) is 0. The monoisotopic (exact) mass is 801 g/mol. The maximum Gasteiger partial charge on any atom is 0.0468 e. The largest absolute Gasteiger partial charge is 0.310 e. The van der Waals surface area contributed by atoms with Crippen LogP contribution in [0.5, 0.6) is 0 Å². The van der Waals surface area contributed by atoms with Gasteiger partial charge in [0.15, 0.2) is 0 Å². The van der Waals surface area contributed by atoms with E-state index in [0.29, 0.717) is 0 Å². The Bertz CT molecular complexity index is 3350. The first-order valence-electron chi connectivity index (χ1n) is 21.7. The van der Waals surface area contributed by atoms with Crippen LogP contribution in [0.1, 0.15) is 0 Å². The van der Waals surface area contributed by atoms with Crippen LogP contribution in [0.4, 0.5) is 17.1 Å². The first-order valence-corrected chi connectivity index (χ1v) is 21.7. The number of hydrogen-bond acceptors (Lipinski definition) is 1. The highest BCUT2D eigenvalue weighted by Crippen LogP contribution is 2.43. The molecule has 11 aromatic rings. The summed E-state index contributed by atoms with van der Waals surface area (Å²) in [6.45, 7) is 0. The Labute approximate surface area is 369 Å². The Morgan fingerprint density at radius 3 is 1.06 bits per heavy atom. The van der Waals surface area contributed by atoms with Crippen LogP contribution in [0.15, 0.2) is 261 Å². The van der Waals surface area contributed by atoms with E-state index in [9.17, 15) is 0 Å². The Balaban J connectivity index is 0.977. The number of fused-ring (bicyclic) bond motifs is 3. The molecular weight excluding hydrogens is 759 g/mol. The van der Waals surface area contributed by atoms with Gasteiger partial charge in [0.1, 0.15) is 0 Å². The molecule has 0 radical (unpaired) electrons. The SMILES string of the molecule is c1ccc(-c2ccc(-c3ccc(N(c4ccc(-c5ccccc5-c5ccccc5-c5ccccc5-c5ccccc5)cc4)c4ccc5c(ccc6ccccc65)c4)cc3)cc2)cc1. The number of anilines is 3. The number of nitrogens with zero attached hydrogens (tertiary/aromatic N) is 1. The van der Waals surface area contributed by atoms with Crippen molar-refractivity contribution in [2.45, 2.75) is 0 Å². The molecule has 1 heteroatoms. The highest BCUT2D eigenvalue weighted by atomic mass is 15.1. The van der Waals surface area contributed by atoms with Gasteiger partial charge in [0.2, 0.25) is 0 Å². The topological polar surface area (TPSA) is 3.24 Å². The van der Waals surface area contributed by atoms with E-state index >= 15 is 0 Å². The van der Waals surface area contributed by atoms with Gasteiger partial charge in [-0.3, -0.25) is 0 Å². The molecule has 0 spiro atoms. The van der Waals surface area contributed by atoms with Crippen LogP contribution in [-0.4, -0.2) is 0 Å². The third kappa shape index (κ3) is 7.37. The molecule has 0 N–H and O–H groups in total. The van der Waals surface area contributed by atoms with Gasteiger partial charge < -0.3 is 4.90 Å². The molecule has 296 valence electrons. The molecule has 0 saturated carbocycles. The van der Waals surface area contributed by atoms with Crippen molar-refractivity contribution < 1.29 is 0 Å². The minimum Gasteiger partial charge on any atom is -0.310 e. The summed E-state index contributed by atoms with van der Waals surface area (Å²) in [7, 11) is 0. The molecule has 0 aromatic heterocycles. The van der Waals surface area contributed by atoms with Crippen molar-refractivity contribution in [1.82, 2.24) is 0 Å². The molecule has 0 atom stereocenters. The average Bonchev–Trinajstić information content (AvgIpc) is 3.37. The molecule has 0 unspecified atom stereocenters. The van der Waals surface area contributed by atoms with Gasteiger partial charge in [0, 0.05) is 17.1 Å². The molecule has 0 fully saturated rings. The fourth-order valence-electron chi connectivity index (χ4n) is 9.18. The van der Waals surface area contributed by atoms with Crippen LogP contribution in [-0.2, 0) is 0 Å². The minimum absolute atomic E-state index is 1.09. The van der Waals surface area contributed by atoms with E-state index in [-0.39, 0.29) is 0 Å². The van der Waals surface area contributed by atoms with Gasteiger partial charge in [-0.15, -0.1) is 0 Å². The highest BCUT2D eigenvalue weighted by molar-refractivity contribution is 6.08. The fraction of sp³-hybridized carbons (Fsp3) is 0. The lowest BCUT2D eigenvalue weighted by Gasteiger charge is -2.26. The van der Waals surface area contributed by atoms with Crippen molar-refractivity contribution in [2.24, 2.45) is 0 Å². The van der Waals surface area contributed by atoms with E-state index in [1.165, 1.54) is 88.3 Å². The van der Waals surface area contributed by atoms with Crippen molar-refractivity contribution in [3.63, 3.8) is 0 Å². The van der Waals surface area contributed by atoms with E-state index in [2.05, 4.69) is 266 Å². The second-order valence-electron chi connectivity index (χ2n) is 16.1. The Kier molecular flexibility index (Phi) is 9.97. The summed E-state index contributed by atoms with van der Waals surface area (Å²) >= 11 is 0. The maximum atomic E-state index is 2.38. The normalized spacial score (nSPS) is 11.2. The predicted octanol–water partition coefficient (Wildman–Crippen LogP) is 17.5. The van der Waals surface area contributed by atoms with E-state index in [0.717, 1.165) is 17.1 Å². The Hall–Kier alpha value is -8.26. The molecular formula is C62H43N. The number of benzene rings is 11. The summed E-state index contributed by atoms with van der Waals surface area (Å²) in [6, 6.07) is 94.5. The molecule has 63 heavy (non-hydrogen) atoms. The maximum absolute atomic E-state index is 2.38. The standard InChI is InChI=1S/C62H43N/c1-3-15-44(16-4-1)45-27-29-46(30-28-45)47-33-37-52(38-34-47)63(54-41-42-58-51(43-54)32-31-49-19-7-8-20-55(49)58)53-39-35-50(36-40-53)57-22-10-12-24-60(57)62-26-14-13-25-61(62)59-23-11-9-21-56(59)48-17-5-2-6-18-48/h1-43H. The lowest BCUT2D eigenvalue weighted by atomic mass is 9.87. The molecule has 11 aromatic carbocycles. The zero-order valence-corrected chi connectivity index (χ0v) is 34.8. The lowest BCUT2D eigenvalue weighted by molar-refractivity contribution is 1.29. The summed E-state index contributed by atoms with van der Waals surface area (Å²) in [4.78, 5) is 2.38. The van der Waals surface area contributed by atoms with Crippen molar-refractivity contribution in [3.05, 3.63) is 261 Å². The first kappa shape index (κ1) is 37.7. The predicted molar refractivity (Wildman–Crippen MR) is 269 cm³/mol. The highest BCUT2D eigenvalue weighted by Gasteiger charge is 2.18. The fourth-order valence-corrected chi connectivity index (χ4v) is 9.18. The van der Waals surface area contributed by atoms with Crippen molar-refractivity contribution in [3.8, 4) is 66.8 Å². The van der Waals surface area contributed by atoms with Gasteiger partial charge >= 0.3 is 0 Å². The van der Waals surface area contributed by atoms with E-state index < -0.39 is 0 Å². The van der Waals surface area contributed by atoms with Crippen LogP contribution < -0.4 is 4.90 Å². The van der Waals surface area contributed by atoms with Crippen LogP contribution >= 0.6 is 0 Å². The minimum atomic E-state index is 1.09. The molecule has 0 bridgehead atoms. The summed E-state index contributed by atoms with van der Waals surface area (Å²) < 4.78 is 0. The smallest absolute Gasteiger partial charge is 0.0468 e. The summed E-state index contributed by atoms with van der Waals surface area (Å²) in [5, 5.41) is 4.99. The van der Waals surface area contributed by atoms with Gasteiger partial charge in [0.05, 0.1) is 0 Å². The lowest BCUT2D eigenvalue weighted by Crippen LogP contribution is -2.09. The molecule has 0 aliphatic carbocycles. The molecule has 0 amide bonds. The van der Waals surface area contributed by atoms with Gasteiger partial charge in [-0.05, 0) is 125 Å². The van der Waals surface area contributed by atoms with Crippen LogP contribution in [0, 0.1) is 0 Å². The van der Waals surface area contributed by atoms with Crippen LogP contribution in [0.2, 0.25) is 0 Å². The van der Waals surface area contributed by atoms with Gasteiger partial charge in [-0.1, -0.05) is 224 Å². The van der Waals surface area contributed by atoms with Crippen molar-refractivity contribution in [1.29, 1.82) is 0 Å². The molecule has 0 aliphatic rings. The second-order valence-corrected chi connectivity index (χ2v) is 16.1. The quantitative estimate of drug-likeness (QED) is 0.131. The van der Waals surface area contributed by atoms with E-state index in [4.69, 9.17) is 0 Å².